The number of fused-ring (bicyclic) bond motifs is 2. The second-order valence-electron chi connectivity index (χ2n) is 12.4. The minimum Gasteiger partial charge on any atom is -0.464 e. The predicted molar refractivity (Wildman–Crippen MR) is 175 cm³/mol. The molecule has 2 aromatic heterocycles. The molecule has 0 aliphatic rings. The van der Waals surface area contributed by atoms with Gasteiger partial charge in [0.05, 0.1) is 22.3 Å². The fraction of sp³-hybridized carbons (Fsp3) is 0.154. The third kappa shape index (κ3) is 4.71. The molecule has 0 unspecified atom stereocenters. The molecule has 3 nitrogen and oxygen atoms in total. The van der Waals surface area contributed by atoms with Gasteiger partial charge in [0.15, 0.2) is 0 Å². The van der Waals surface area contributed by atoms with Crippen LogP contribution in [0.2, 0.25) is 0 Å². The molecule has 0 saturated heterocycles. The molecule has 0 aliphatic heterocycles. The van der Waals surface area contributed by atoms with Gasteiger partial charge in [-0.2, -0.15) is 0 Å². The molecule has 0 bridgehead atoms. The van der Waals surface area contributed by atoms with Crippen molar-refractivity contribution in [2.45, 2.75) is 34.1 Å². The first kappa shape index (κ1) is 26.0. The molecule has 0 radical (unpaired) electrons. The van der Waals surface area contributed by atoms with Crippen molar-refractivity contribution in [3.05, 3.63) is 133 Å². The van der Waals surface area contributed by atoms with Gasteiger partial charge in [-0.3, -0.25) is 4.57 Å². The Bertz CT molecular complexity index is 1980. The highest BCUT2D eigenvalue weighted by molar-refractivity contribution is 5.98. The van der Waals surface area contributed by atoms with Crippen LogP contribution in [0, 0.1) is 12.3 Å². The maximum atomic E-state index is 6.17. The summed E-state index contributed by atoms with van der Waals surface area (Å²) in [4.78, 5) is 5.28. The highest BCUT2D eigenvalue weighted by Crippen LogP contribution is 2.42. The van der Waals surface area contributed by atoms with Gasteiger partial charge in [-0.05, 0) is 77.4 Å². The Kier molecular flexibility index (Phi) is 6.31. The molecule has 2 heterocycles. The van der Waals surface area contributed by atoms with Crippen LogP contribution < -0.4 is 0 Å². The number of rotatable bonds is 5. The molecule has 3 heteroatoms. The van der Waals surface area contributed by atoms with E-state index in [1.807, 2.05) is 6.26 Å². The number of hydrogen-bond donors (Lipinski definition) is 0. The average Bonchev–Trinajstić information content (AvgIpc) is 3.58. The second-order valence-corrected chi connectivity index (χ2v) is 12.4. The monoisotopic (exact) mass is 546 g/mol. The zero-order chi connectivity index (χ0) is 28.8. The van der Waals surface area contributed by atoms with E-state index in [0.29, 0.717) is 0 Å². The van der Waals surface area contributed by atoms with Gasteiger partial charge < -0.3 is 4.42 Å². The number of para-hydroxylation sites is 2. The van der Waals surface area contributed by atoms with E-state index >= 15 is 0 Å². The van der Waals surface area contributed by atoms with Crippen molar-refractivity contribution in [3.63, 3.8) is 0 Å². The van der Waals surface area contributed by atoms with E-state index in [9.17, 15) is 0 Å². The van der Waals surface area contributed by atoms with Gasteiger partial charge in [-0.15, -0.1) is 0 Å². The lowest BCUT2D eigenvalue weighted by molar-refractivity contribution is 0.411. The summed E-state index contributed by atoms with van der Waals surface area (Å²) in [6, 6.07) is 40.9. The molecule has 7 rings (SSSR count). The van der Waals surface area contributed by atoms with Gasteiger partial charge in [0.1, 0.15) is 17.7 Å². The topological polar surface area (TPSA) is 31.0 Å². The van der Waals surface area contributed by atoms with Crippen molar-refractivity contribution in [2.24, 2.45) is 5.41 Å². The lowest BCUT2D eigenvalue weighted by Crippen LogP contribution is -2.08. The number of furan rings is 1. The summed E-state index contributed by atoms with van der Waals surface area (Å²) < 4.78 is 8.52. The van der Waals surface area contributed by atoms with Gasteiger partial charge in [-0.25, -0.2) is 4.98 Å². The quantitative estimate of drug-likeness (QED) is 0.215. The van der Waals surface area contributed by atoms with E-state index in [2.05, 4.69) is 148 Å². The van der Waals surface area contributed by atoms with Crippen molar-refractivity contribution in [1.29, 1.82) is 0 Å². The zero-order valence-electron chi connectivity index (χ0n) is 24.6. The van der Waals surface area contributed by atoms with Crippen LogP contribution in [0.4, 0.5) is 0 Å². The summed E-state index contributed by atoms with van der Waals surface area (Å²) in [5.74, 6) is 0.876. The van der Waals surface area contributed by atoms with E-state index < -0.39 is 0 Å². The molecule has 0 atom stereocenters. The third-order valence-electron chi connectivity index (χ3n) is 7.82. The third-order valence-corrected chi connectivity index (χ3v) is 7.82. The highest BCUT2D eigenvalue weighted by atomic mass is 16.3. The van der Waals surface area contributed by atoms with Crippen LogP contribution in [0.5, 0.6) is 0 Å². The van der Waals surface area contributed by atoms with Crippen molar-refractivity contribution < 1.29 is 4.42 Å². The first-order valence-corrected chi connectivity index (χ1v) is 14.6. The highest BCUT2D eigenvalue weighted by Gasteiger charge is 2.24. The summed E-state index contributed by atoms with van der Waals surface area (Å²) in [6.07, 6.45) is 2.86. The standard InChI is InChI=1S/C39H34N2O/c1-26-21-30(28-13-7-5-8-14-28)37(31(22-26)29-15-9-6-10-16-29)41-35-18-12-11-17-34(35)40-38(41)33-25-42-36-20-19-27(23-32(33)36)24-39(2,3)4/h5-23,25H,24H2,1-4H3. The number of aromatic nitrogens is 2. The average molecular weight is 547 g/mol. The van der Waals surface area contributed by atoms with Crippen molar-refractivity contribution in [2.75, 3.05) is 0 Å². The lowest BCUT2D eigenvalue weighted by Gasteiger charge is -2.20. The molecule has 42 heavy (non-hydrogen) atoms. The summed E-state index contributed by atoms with van der Waals surface area (Å²) >= 11 is 0. The maximum Gasteiger partial charge on any atom is 0.149 e. The number of imidazole rings is 1. The minimum atomic E-state index is 0.182. The SMILES string of the molecule is Cc1cc(-c2ccccc2)c(-n2c(-c3coc4ccc(CC(C)(C)C)cc34)nc3ccccc32)c(-c2ccccc2)c1. The van der Waals surface area contributed by atoms with E-state index in [0.717, 1.165) is 45.5 Å². The molecule has 0 aliphatic carbocycles. The summed E-state index contributed by atoms with van der Waals surface area (Å²) in [6.45, 7) is 9.01. The first-order valence-electron chi connectivity index (χ1n) is 14.6. The van der Waals surface area contributed by atoms with Crippen LogP contribution >= 0.6 is 0 Å². The molecule has 0 amide bonds. The van der Waals surface area contributed by atoms with E-state index in [1.54, 1.807) is 0 Å². The number of aryl methyl sites for hydroxylation is 1. The molecule has 0 spiro atoms. The Balaban J connectivity index is 1.58. The van der Waals surface area contributed by atoms with E-state index in [-0.39, 0.29) is 5.41 Å². The van der Waals surface area contributed by atoms with Crippen LogP contribution in [-0.4, -0.2) is 9.55 Å². The summed E-state index contributed by atoms with van der Waals surface area (Å²) in [5.41, 5.74) is 12.4. The molecule has 5 aromatic carbocycles. The van der Waals surface area contributed by atoms with Gasteiger partial charge in [0.25, 0.3) is 0 Å². The van der Waals surface area contributed by atoms with E-state index in [1.165, 1.54) is 33.4 Å². The smallest absolute Gasteiger partial charge is 0.149 e. The first-order chi connectivity index (χ1) is 20.4. The van der Waals surface area contributed by atoms with Crippen LogP contribution in [0.3, 0.4) is 0 Å². The predicted octanol–water partition coefficient (Wildman–Crippen LogP) is 10.7. The van der Waals surface area contributed by atoms with Crippen LogP contribution in [0.1, 0.15) is 31.9 Å². The minimum absolute atomic E-state index is 0.182. The fourth-order valence-electron chi connectivity index (χ4n) is 6.10. The van der Waals surface area contributed by atoms with Crippen molar-refractivity contribution >= 4 is 22.0 Å². The fourth-order valence-corrected chi connectivity index (χ4v) is 6.10. The zero-order valence-corrected chi connectivity index (χ0v) is 24.6. The van der Waals surface area contributed by atoms with E-state index in [4.69, 9.17) is 9.40 Å². The molecule has 206 valence electrons. The Morgan fingerprint density at radius 3 is 1.95 bits per heavy atom. The molecule has 0 N–H and O–H groups in total. The Morgan fingerprint density at radius 2 is 1.31 bits per heavy atom. The molecule has 0 fully saturated rings. The second kappa shape index (κ2) is 10.2. The lowest BCUT2D eigenvalue weighted by atomic mass is 9.87. The van der Waals surface area contributed by atoms with Crippen molar-refractivity contribution in [3.8, 4) is 39.3 Å². The molecule has 7 aromatic rings. The number of hydrogen-bond acceptors (Lipinski definition) is 2. The van der Waals surface area contributed by atoms with Crippen LogP contribution in [0.15, 0.2) is 126 Å². The van der Waals surface area contributed by atoms with Gasteiger partial charge >= 0.3 is 0 Å². The largest absolute Gasteiger partial charge is 0.464 e. The summed E-state index contributed by atoms with van der Waals surface area (Å²) in [5, 5.41) is 1.09. The number of nitrogens with zero attached hydrogens (tertiary/aromatic N) is 2. The Labute approximate surface area is 247 Å². The Morgan fingerprint density at radius 1 is 0.690 bits per heavy atom. The Hall–Kier alpha value is -4.89. The molecular formula is C39H34N2O. The van der Waals surface area contributed by atoms with Crippen LogP contribution in [-0.2, 0) is 6.42 Å². The van der Waals surface area contributed by atoms with Crippen LogP contribution in [0.25, 0.3) is 61.3 Å². The summed E-state index contributed by atoms with van der Waals surface area (Å²) in [7, 11) is 0. The maximum absolute atomic E-state index is 6.17. The number of benzene rings is 5. The molecule has 0 saturated carbocycles. The van der Waals surface area contributed by atoms with Crippen molar-refractivity contribution in [1.82, 2.24) is 9.55 Å². The molecular weight excluding hydrogens is 512 g/mol. The van der Waals surface area contributed by atoms with Gasteiger partial charge in [-0.1, -0.05) is 99.6 Å². The van der Waals surface area contributed by atoms with Gasteiger partial charge in [0, 0.05) is 16.5 Å². The normalized spacial score (nSPS) is 11.9. The van der Waals surface area contributed by atoms with Gasteiger partial charge in [0.2, 0.25) is 0 Å².